The summed E-state index contributed by atoms with van der Waals surface area (Å²) >= 11 is 3.35. The van der Waals surface area contributed by atoms with E-state index in [1.807, 2.05) is 0 Å². The Morgan fingerprint density at radius 2 is 1.46 bits per heavy atom. The molecule has 146 valence electrons. The normalized spacial score (nSPS) is 14.8. The number of alkyl halides is 1. The highest BCUT2D eigenvalue weighted by atomic mass is 79.9. The second kappa shape index (κ2) is 11.3. The summed E-state index contributed by atoms with van der Waals surface area (Å²) in [5.41, 5.74) is 1.50. The zero-order valence-electron chi connectivity index (χ0n) is 16.2. The van der Waals surface area contributed by atoms with E-state index in [1.54, 1.807) is 0 Å². The number of ether oxygens (including phenoxy) is 1. The van der Waals surface area contributed by atoms with Gasteiger partial charge < -0.3 is 9.16 Å². The first-order valence-electron chi connectivity index (χ1n) is 8.63. The summed E-state index contributed by atoms with van der Waals surface area (Å²) in [4.78, 5) is 0. The maximum Gasteiger partial charge on any atom is 0.264 e. The SMILES string of the molecule is CC(C)[Si](OC[C@H](CCOS(C)(=O)=O)OCCBr)(C(C)C)C(C)C. The fourth-order valence-corrected chi connectivity index (χ4v) is 9.55. The Kier molecular flexibility index (Phi) is 11.5. The van der Waals surface area contributed by atoms with E-state index in [4.69, 9.17) is 13.3 Å². The molecule has 0 aromatic carbocycles. The standard InChI is InChI=1S/C16H35BrO5SSi/c1-13(2)24(14(3)4,15(5)6)22-12-16(20-11-9-17)8-10-21-23(7,18)19/h13-16H,8-12H2,1-7H3/t16-/m0/s1. The molecule has 0 unspecified atom stereocenters. The Hall–Kier alpha value is 0.527. The van der Waals surface area contributed by atoms with Gasteiger partial charge in [-0.15, -0.1) is 0 Å². The summed E-state index contributed by atoms with van der Waals surface area (Å²) in [6, 6.07) is 0. The Labute approximate surface area is 158 Å². The van der Waals surface area contributed by atoms with E-state index < -0.39 is 18.4 Å². The third-order valence-corrected chi connectivity index (χ3v) is 11.4. The first-order valence-corrected chi connectivity index (χ1v) is 13.7. The monoisotopic (exact) mass is 446 g/mol. The van der Waals surface area contributed by atoms with Crippen LogP contribution in [0.2, 0.25) is 16.6 Å². The molecule has 1 atom stereocenters. The molecule has 0 amide bonds. The minimum atomic E-state index is -3.42. The van der Waals surface area contributed by atoms with E-state index in [-0.39, 0.29) is 12.7 Å². The first-order chi connectivity index (χ1) is 11.0. The van der Waals surface area contributed by atoms with Crippen LogP contribution in [0.5, 0.6) is 0 Å². The molecule has 0 N–H and O–H groups in total. The van der Waals surface area contributed by atoms with Crippen molar-refractivity contribution in [1.29, 1.82) is 0 Å². The van der Waals surface area contributed by atoms with Crippen molar-refractivity contribution < 1.29 is 21.8 Å². The van der Waals surface area contributed by atoms with Crippen molar-refractivity contribution >= 4 is 34.4 Å². The van der Waals surface area contributed by atoms with Gasteiger partial charge in [-0.2, -0.15) is 8.42 Å². The van der Waals surface area contributed by atoms with E-state index in [2.05, 4.69) is 57.5 Å². The summed E-state index contributed by atoms with van der Waals surface area (Å²) in [6.45, 7) is 14.6. The van der Waals surface area contributed by atoms with Crippen LogP contribution >= 0.6 is 15.9 Å². The fraction of sp³-hybridized carbons (Fsp3) is 1.00. The van der Waals surface area contributed by atoms with Crippen molar-refractivity contribution in [3.05, 3.63) is 0 Å². The van der Waals surface area contributed by atoms with Crippen molar-refractivity contribution in [2.24, 2.45) is 0 Å². The van der Waals surface area contributed by atoms with Crippen LogP contribution in [-0.4, -0.2) is 54.2 Å². The van der Waals surface area contributed by atoms with Crippen molar-refractivity contribution in [1.82, 2.24) is 0 Å². The molecule has 0 heterocycles. The molecule has 8 heteroatoms. The molecular weight excluding hydrogens is 412 g/mol. The van der Waals surface area contributed by atoms with Gasteiger partial charge >= 0.3 is 0 Å². The summed E-state index contributed by atoms with van der Waals surface area (Å²) in [5, 5.41) is 0.734. The largest absolute Gasteiger partial charge is 0.413 e. The maximum absolute atomic E-state index is 11.1. The molecule has 0 aliphatic heterocycles. The summed E-state index contributed by atoms with van der Waals surface area (Å²) < 4.78 is 39.4. The molecule has 0 saturated carbocycles. The molecule has 5 nitrogen and oxygen atoms in total. The summed E-state index contributed by atoms with van der Waals surface area (Å²) in [7, 11) is -5.38. The second-order valence-corrected chi connectivity index (χ2v) is 15.0. The molecule has 0 rings (SSSR count). The summed E-state index contributed by atoms with van der Waals surface area (Å²) in [5.74, 6) is 0. The van der Waals surface area contributed by atoms with E-state index in [9.17, 15) is 8.42 Å². The van der Waals surface area contributed by atoms with Gasteiger partial charge in [0.25, 0.3) is 10.1 Å². The van der Waals surface area contributed by atoms with E-state index in [0.717, 1.165) is 11.6 Å². The van der Waals surface area contributed by atoms with Gasteiger partial charge in [-0.25, -0.2) is 0 Å². The highest BCUT2D eigenvalue weighted by molar-refractivity contribution is 9.09. The number of rotatable bonds is 13. The minimum Gasteiger partial charge on any atom is -0.413 e. The average Bonchev–Trinajstić information content (AvgIpc) is 2.41. The van der Waals surface area contributed by atoms with Crippen molar-refractivity contribution in [3.63, 3.8) is 0 Å². The highest BCUT2D eigenvalue weighted by Crippen LogP contribution is 2.42. The van der Waals surface area contributed by atoms with Crippen LogP contribution in [0.15, 0.2) is 0 Å². The lowest BCUT2D eigenvalue weighted by molar-refractivity contribution is 0.0122. The van der Waals surface area contributed by atoms with Crippen molar-refractivity contribution in [3.8, 4) is 0 Å². The lowest BCUT2D eigenvalue weighted by Gasteiger charge is -2.43. The van der Waals surface area contributed by atoms with Crippen LogP contribution in [0.1, 0.15) is 48.0 Å². The quantitative estimate of drug-likeness (QED) is 0.239. The molecule has 0 radical (unpaired) electrons. The van der Waals surface area contributed by atoms with E-state index >= 15 is 0 Å². The Morgan fingerprint density at radius 1 is 0.958 bits per heavy atom. The molecule has 0 aliphatic carbocycles. The topological polar surface area (TPSA) is 61.8 Å². The van der Waals surface area contributed by atoms with Crippen molar-refractivity contribution in [2.45, 2.75) is 70.7 Å². The minimum absolute atomic E-state index is 0.120. The molecule has 0 aliphatic rings. The van der Waals surface area contributed by atoms with Gasteiger partial charge in [0.1, 0.15) is 0 Å². The Bertz CT molecular complexity index is 418. The number of hydrogen-bond donors (Lipinski definition) is 0. The average molecular weight is 448 g/mol. The summed E-state index contributed by atoms with van der Waals surface area (Å²) in [6.07, 6.45) is 1.40. The lowest BCUT2D eigenvalue weighted by atomic mass is 10.3. The van der Waals surface area contributed by atoms with Gasteiger partial charge in [0, 0.05) is 11.8 Å². The molecular formula is C16H35BrO5SSi. The lowest BCUT2D eigenvalue weighted by Crippen LogP contribution is -2.49. The molecule has 0 saturated heterocycles. The number of hydrogen-bond acceptors (Lipinski definition) is 5. The van der Waals surface area contributed by atoms with Crippen LogP contribution in [0.4, 0.5) is 0 Å². The molecule has 0 aromatic heterocycles. The van der Waals surface area contributed by atoms with Crippen LogP contribution < -0.4 is 0 Å². The van der Waals surface area contributed by atoms with Gasteiger partial charge in [-0.3, -0.25) is 4.18 Å². The van der Waals surface area contributed by atoms with Gasteiger partial charge in [-0.1, -0.05) is 57.5 Å². The molecule has 0 bridgehead atoms. The van der Waals surface area contributed by atoms with Crippen LogP contribution in [0.3, 0.4) is 0 Å². The van der Waals surface area contributed by atoms with Crippen molar-refractivity contribution in [2.75, 3.05) is 31.4 Å². The zero-order chi connectivity index (χ0) is 19.0. The van der Waals surface area contributed by atoms with Gasteiger partial charge in [0.15, 0.2) is 8.32 Å². The van der Waals surface area contributed by atoms with Gasteiger partial charge in [-0.05, 0) is 16.6 Å². The Morgan fingerprint density at radius 3 is 1.83 bits per heavy atom. The van der Waals surface area contributed by atoms with Gasteiger partial charge in [0.2, 0.25) is 0 Å². The smallest absolute Gasteiger partial charge is 0.264 e. The third kappa shape index (κ3) is 8.27. The fourth-order valence-electron chi connectivity index (χ4n) is 3.49. The second-order valence-electron chi connectivity index (χ2n) is 7.13. The van der Waals surface area contributed by atoms with Crippen LogP contribution in [0.25, 0.3) is 0 Å². The highest BCUT2D eigenvalue weighted by Gasteiger charge is 2.45. The molecule has 0 aromatic rings. The third-order valence-electron chi connectivity index (χ3n) is 4.39. The van der Waals surface area contributed by atoms with Crippen LogP contribution in [0, 0.1) is 0 Å². The molecule has 0 spiro atoms. The first kappa shape index (κ1) is 24.5. The van der Waals surface area contributed by atoms with E-state index in [1.165, 1.54) is 0 Å². The predicted octanol–water partition coefficient (Wildman–Crippen LogP) is 4.32. The molecule has 0 fully saturated rings. The van der Waals surface area contributed by atoms with Gasteiger partial charge in [0.05, 0.1) is 32.2 Å². The predicted molar refractivity (Wildman–Crippen MR) is 106 cm³/mol. The number of halogens is 1. The molecule has 24 heavy (non-hydrogen) atoms. The van der Waals surface area contributed by atoms with Crippen LogP contribution in [-0.2, 0) is 23.5 Å². The zero-order valence-corrected chi connectivity index (χ0v) is 19.6. The Balaban J connectivity index is 4.92. The maximum atomic E-state index is 11.1. The van der Waals surface area contributed by atoms with E-state index in [0.29, 0.717) is 36.3 Å².